The summed E-state index contributed by atoms with van der Waals surface area (Å²) in [7, 11) is -5.54. The van der Waals surface area contributed by atoms with Crippen LogP contribution in [-0.2, 0) is 9.36 Å². The highest BCUT2D eigenvalue weighted by molar-refractivity contribution is 7.80. The predicted molar refractivity (Wildman–Crippen MR) is 88.4 cm³/mol. The summed E-state index contributed by atoms with van der Waals surface area (Å²) in [5.41, 5.74) is 0. The van der Waals surface area contributed by atoms with Gasteiger partial charge in [0, 0.05) is 17.5 Å². The van der Waals surface area contributed by atoms with Gasteiger partial charge in [-0.2, -0.15) is 26.3 Å². The van der Waals surface area contributed by atoms with Gasteiger partial charge >= 0.3 is 12.4 Å². The molecule has 0 saturated heterocycles. The van der Waals surface area contributed by atoms with Crippen molar-refractivity contribution in [3.8, 4) is 0 Å². The lowest BCUT2D eigenvalue weighted by molar-refractivity contribution is -0.275. The average Bonchev–Trinajstić information content (AvgIpc) is 2.58. The molecule has 3 nitrogen and oxygen atoms in total. The number of hydrogen-bond acceptors (Lipinski definition) is 2. The van der Waals surface area contributed by atoms with E-state index in [-0.39, 0.29) is 0 Å². The fourth-order valence-corrected chi connectivity index (χ4v) is 6.09. The number of carbonyl (C=O) groups excluding carboxylic acids is 1. The molecule has 0 aliphatic rings. The highest BCUT2D eigenvalue weighted by Gasteiger charge is 2.80. The minimum Gasteiger partial charge on any atom is -0.328 e. The van der Waals surface area contributed by atoms with Crippen LogP contribution in [0.1, 0.15) is 6.92 Å². The molecule has 0 heterocycles. The lowest BCUT2D eigenvalue weighted by Gasteiger charge is -2.43. The Kier molecular flexibility index (Phi) is 5.48. The van der Waals surface area contributed by atoms with E-state index >= 15 is 0 Å². The number of alkyl halides is 6. The Morgan fingerprint density at radius 2 is 1.11 bits per heavy atom. The number of halogens is 6. The summed E-state index contributed by atoms with van der Waals surface area (Å²) in [6, 6.07) is 11.1. The minimum absolute atomic E-state index is 0.507. The van der Waals surface area contributed by atoms with E-state index in [2.05, 4.69) is 0 Å². The van der Waals surface area contributed by atoms with Gasteiger partial charge < -0.3 is 9.88 Å². The standard InChI is InChI=1S/C17H14F6NO2P/c1-12(25)24-15(16(18,19)20,17(21,22)23)27(26,13-8-4-2-5-9-13)14-10-6-3-7-11-14/h2-11H,1H3,(H,24,25). The fourth-order valence-electron chi connectivity index (χ4n) is 2.81. The van der Waals surface area contributed by atoms with Crippen molar-refractivity contribution in [3.05, 3.63) is 60.7 Å². The Morgan fingerprint density at radius 3 is 1.37 bits per heavy atom. The molecular formula is C17H14F6NO2P. The van der Waals surface area contributed by atoms with E-state index in [1.807, 2.05) is 0 Å². The second kappa shape index (κ2) is 7.03. The number of hydrogen-bond donors (Lipinski definition) is 1. The first-order valence-electron chi connectivity index (χ1n) is 7.51. The van der Waals surface area contributed by atoms with Crippen molar-refractivity contribution in [1.82, 2.24) is 5.32 Å². The van der Waals surface area contributed by atoms with Crippen LogP contribution in [0.25, 0.3) is 0 Å². The van der Waals surface area contributed by atoms with Crippen molar-refractivity contribution in [2.75, 3.05) is 0 Å². The van der Waals surface area contributed by atoms with Crippen molar-refractivity contribution >= 4 is 23.7 Å². The molecule has 2 aromatic rings. The molecule has 2 aromatic carbocycles. The van der Waals surface area contributed by atoms with Crippen LogP contribution in [0.3, 0.4) is 0 Å². The topological polar surface area (TPSA) is 46.2 Å². The van der Waals surface area contributed by atoms with Crippen LogP contribution >= 0.6 is 7.14 Å². The SMILES string of the molecule is CC(=O)NC(C(F)(F)F)(C(F)(F)F)P(=O)(c1ccccc1)c1ccccc1. The molecule has 10 heteroatoms. The van der Waals surface area contributed by atoms with Gasteiger partial charge in [0.1, 0.15) is 0 Å². The van der Waals surface area contributed by atoms with Crippen LogP contribution in [0.4, 0.5) is 26.3 Å². The zero-order valence-corrected chi connectivity index (χ0v) is 14.7. The highest BCUT2D eigenvalue weighted by atomic mass is 31.2. The zero-order chi connectivity index (χ0) is 20.5. The minimum atomic E-state index is -6.10. The average molecular weight is 409 g/mol. The molecule has 0 unspecified atom stereocenters. The molecule has 146 valence electrons. The summed E-state index contributed by atoms with van der Waals surface area (Å²) < 4.78 is 97.8. The monoisotopic (exact) mass is 409 g/mol. The predicted octanol–water partition coefficient (Wildman–Crippen LogP) is 3.96. The number of carbonyl (C=O) groups is 1. The van der Waals surface area contributed by atoms with E-state index in [1.165, 1.54) is 36.4 Å². The fraction of sp³-hybridized carbons (Fsp3) is 0.235. The Bertz CT molecular complexity index is 792. The number of nitrogens with one attached hydrogen (secondary N) is 1. The largest absolute Gasteiger partial charge is 0.428 e. The quantitative estimate of drug-likeness (QED) is 0.614. The van der Waals surface area contributed by atoms with Gasteiger partial charge in [0.2, 0.25) is 5.91 Å². The molecule has 0 aromatic heterocycles. The van der Waals surface area contributed by atoms with Gasteiger partial charge in [-0.05, 0) is 0 Å². The van der Waals surface area contributed by atoms with Crippen molar-refractivity contribution in [1.29, 1.82) is 0 Å². The van der Waals surface area contributed by atoms with Crippen LogP contribution in [0, 0.1) is 0 Å². The first kappa shape index (κ1) is 21.0. The van der Waals surface area contributed by atoms with E-state index < -0.39 is 41.3 Å². The van der Waals surface area contributed by atoms with E-state index in [0.717, 1.165) is 29.6 Å². The summed E-state index contributed by atoms with van der Waals surface area (Å²) in [6.45, 7) is 0.507. The summed E-state index contributed by atoms with van der Waals surface area (Å²) in [5, 5.41) is -5.39. The molecule has 1 N–H and O–H groups in total. The third kappa shape index (κ3) is 3.36. The van der Waals surface area contributed by atoms with E-state index in [0.29, 0.717) is 6.92 Å². The van der Waals surface area contributed by atoms with Gasteiger partial charge in [-0.3, -0.25) is 4.79 Å². The molecule has 0 fully saturated rings. The third-order valence-electron chi connectivity index (χ3n) is 3.89. The van der Waals surface area contributed by atoms with Gasteiger partial charge in [0.05, 0.1) is 0 Å². The Morgan fingerprint density at radius 1 is 0.778 bits per heavy atom. The van der Waals surface area contributed by atoms with Gasteiger partial charge in [0.15, 0.2) is 7.14 Å². The molecule has 1 amide bonds. The van der Waals surface area contributed by atoms with Gasteiger partial charge in [-0.15, -0.1) is 0 Å². The molecule has 0 saturated carbocycles. The summed E-state index contributed by atoms with van der Waals surface area (Å²) in [4.78, 5) is 11.4. The molecule has 0 radical (unpaired) electrons. The van der Waals surface area contributed by atoms with Crippen molar-refractivity contribution in [2.24, 2.45) is 0 Å². The molecule has 0 bridgehead atoms. The lowest BCUT2D eigenvalue weighted by atomic mass is 10.2. The normalized spacial score (nSPS) is 13.3. The molecule has 0 atom stereocenters. The van der Waals surface area contributed by atoms with Gasteiger partial charge in [0.25, 0.3) is 5.28 Å². The third-order valence-corrected chi connectivity index (χ3v) is 7.50. The summed E-state index contributed by atoms with van der Waals surface area (Å²) in [6.07, 6.45) is -12.2. The molecule has 0 aliphatic carbocycles. The second-order valence-electron chi connectivity index (χ2n) is 5.67. The maximum absolute atomic E-state index is 14.0. The first-order chi connectivity index (χ1) is 12.4. The van der Waals surface area contributed by atoms with Crippen molar-refractivity contribution < 1.29 is 35.7 Å². The summed E-state index contributed by atoms with van der Waals surface area (Å²) in [5.74, 6) is -1.61. The molecular weight excluding hydrogens is 395 g/mol. The van der Waals surface area contributed by atoms with Crippen LogP contribution in [-0.4, -0.2) is 23.5 Å². The van der Waals surface area contributed by atoms with E-state index in [9.17, 15) is 35.7 Å². The number of rotatable bonds is 4. The van der Waals surface area contributed by atoms with Crippen molar-refractivity contribution in [2.45, 2.75) is 24.6 Å². The van der Waals surface area contributed by atoms with Crippen LogP contribution in [0.15, 0.2) is 60.7 Å². The van der Waals surface area contributed by atoms with Crippen LogP contribution < -0.4 is 15.9 Å². The van der Waals surface area contributed by atoms with Gasteiger partial charge in [-0.1, -0.05) is 60.7 Å². The van der Waals surface area contributed by atoms with Crippen LogP contribution in [0.2, 0.25) is 0 Å². The molecule has 0 spiro atoms. The maximum Gasteiger partial charge on any atom is 0.428 e. The molecule has 0 aliphatic heterocycles. The van der Waals surface area contributed by atoms with Crippen LogP contribution in [0.5, 0.6) is 0 Å². The number of benzene rings is 2. The van der Waals surface area contributed by atoms with Gasteiger partial charge in [-0.25, -0.2) is 0 Å². The summed E-state index contributed by atoms with van der Waals surface area (Å²) >= 11 is 0. The first-order valence-corrected chi connectivity index (χ1v) is 9.22. The smallest absolute Gasteiger partial charge is 0.328 e. The Balaban J connectivity index is 3.05. The van der Waals surface area contributed by atoms with E-state index in [1.54, 1.807) is 0 Å². The second-order valence-corrected chi connectivity index (χ2v) is 8.59. The highest BCUT2D eigenvalue weighted by Crippen LogP contribution is 2.66. The molecule has 27 heavy (non-hydrogen) atoms. The lowest BCUT2D eigenvalue weighted by Crippen LogP contribution is -2.69. The van der Waals surface area contributed by atoms with E-state index in [4.69, 9.17) is 0 Å². The Hall–Kier alpha value is -2.28. The Labute approximate surface area is 150 Å². The maximum atomic E-state index is 14.0. The number of amides is 1. The zero-order valence-electron chi connectivity index (χ0n) is 13.8. The van der Waals surface area contributed by atoms with Crippen molar-refractivity contribution in [3.63, 3.8) is 0 Å². The molecule has 2 rings (SSSR count).